The number of nitrogens with two attached hydrogens (primary N) is 1. The second-order valence-electron chi connectivity index (χ2n) is 4.47. The average Bonchev–Trinajstić information content (AvgIpc) is 2.75. The Labute approximate surface area is 126 Å². The molecular formula is C12H9F3N4O4. The minimum absolute atomic E-state index is 0.180. The molecule has 2 heterocycles. The van der Waals surface area contributed by atoms with E-state index < -0.39 is 30.6 Å². The number of primary amides is 1. The molecule has 0 aliphatic heterocycles. The van der Waals surface area contributed by atoms with Crippen molar-refractivity contribution in [2.24, 2.45) is 5.73 Å². The van der Waals surface area contributed by atoms with Gasteiger partial charge in [-0.3, -0.25) is 14.5 Å². The van der Waals surface area contributed by atoms with Crippen LogP contribution in [0, 0.1) is 6.92 Å². The van der Waals surface area contributed by atoms with Crippen LogP contribution in [0.2, 0.25) is 0 Å². The molecule has 2 aromatic rings. The highest BCUT2D eigenvalue weighted by molar-refractivity contribution is 6.04. The number of hydrogen-bond acceptors (Lipinski definition) is 6. The molecule has 23 heavy (non-hydrogen) atoms. The van der Waals surface area contributed by atoms with Gasteiger partial charge in [-0.05, 0) is 13.0 Å². The predicted octanol–water partition coefficient (Wildman–Crippen LogP) is 0.471. The van der Waals surface area contributed by atoms with E-state index >= 15 is 0 Å². The van der Waals surface area contributed by atoms with Gasteiger partial charge in [-0.2, -0.15) is 18.3 Å². The lowest BCUT2D eigenvalue weighted by molar-refractivity contribution is -0.202. The summed E-state index contributed by atoms with van der Waals surface area (Å²) in [6.45, 7) is 0.814. The van der Waals surface area contributed by atoms with Crippen LogP contribution in [0.4, 0.5) is 13.2 Å². The van der Waals surface area contributed by atoms with Gasteiger partial charge in [0.05, 0.1) is 11.7 Å². The van der Waals surface area contributed by atoms with Crippen molar-refractivity contribution in [3.63, 3.8) is 0 Å². The van der Waals surface area contributed by atoms with Gasteiger partial charge in [0.25, 0.3) is 5.91 Å². The van der Waals surface area contributed by atoms with E-state index in [1.807, 2.05) is 0 Å². The molecule has 0 atom stereocenters. The molecule has 11 heteroatoms. The molecule has 1 amide bonds. The summed E-state index contributed by atoms with van der Waals surface area (Å²) in [6.07, 6.45) is -4.03. The van der Waals surface area contributed by atoms with Crippen molar-refractivity contribution in [3.8, 4) is 0 Å². The van der Waals surface area contributed by atoms with E-state index in [-0.39, 0.29) is 16.6 Å². The van der Waals surface area contributed by atoms with Gasteiger partial charge in [-0.15, -0.1) is 0 Å². The summed E-state index contributed by atoms with van der Waals surface area (Å²) in [7, 11) is 0. The van der Waals surface area contributed by atoms with E-state index in [1.165, 1.54) is 12.3 Å². The van der Waals surface area contributed by atoms with Gasteiger partial charge in [-0.25, -0.2) is 9.59 Å². The fourth-order valence-electron chi connectivity index (χ4n) is 1.79. The Bertz CT molecular complexity index is 812. The summed E-state index contributed by atoms with van der Waals surface area (Å²) >= 11 is 0. The number of alkyl halides is 3. The number of carbonyl (C=O) groups is 3. The van der Waals surface area contributed by atoms with Crippen molar-refractivity contribution < 1.29 is 32.3 Å². The van der Waals surface area contributed by atoms with Gasteiger partial charge in [0.15, 0.2) is 5.69 Å². The molecule has 8 nitrogen and oxygen atoms in total. The molecule has 0 fully saturated rings. The fourth-order valence-corrected chi connectivity index (χ4v) is 1.79. The number of carbonyl (C=O) groups excluding carboxylic acids is 3. The number of rotatable bonds is 3. The molecule has 2 N–H and O–H groups in total. The smallest absolute Gasteiger partial charge is 0.385 e. The molecule has 0 unspecified atom stereocenters. The quantitative estimate of drug-likeness (QED) is 0.646. The molecule has 2 aromatic heterocycles. The standard InChI is InChI=1S/C12H9F3N4O4/c1-5-2-6-7(3-17-5)19(18-9(6)10(16)21)4-8(20)23-11(22)12(13,14)15/h2-3H,4H2,1H3,(H2,16,21). The summed E-state index contributed by atoms with van der Waals surface area (Å²) in [5.74, 6) is -5.02. The first kappa shape index (κ1) is 16.4. The predicted molar refractivity (Wildman–Crippen MR) is 67.9 cm³/mol. The van der Waals surface area contributed by atoms with Crippen LogP contribution in [0.25, 0.3) is 10.9 Å². The zero-order valence-electron chi connectivity index (χ0n) is 11.5. The lowest BCUT2D eigenvalue weighted by Crippen LogP contribution is -2.29. The van der Waals surface area contributed by atoms with E-state index in [2.05, 4.69) is 14.8 Å². The number of amides is 1. The molecule has 0 saturated heterocycles. The summed E-state index contributed by atoms with van der Waals surface area (Å²) in [5, 5.41) is 4.03. The Balaban J connectivity index is 2.32. The van der Waals surface area contributed by atoms with E-state index in [0.717, 1.165) is 4.68 Å². The van der Waals surface area contributed by atoms with E-state index in [1.54, 1.807) is 6.92 Å². The molecule has 2 rings (SSSR count). The molecule has 0 bridgehead atoms. The van der Waals surface area contributed by atoms with E-state index in [9.17, 15) is 27.6 Å². The number of halogens is 3. The Kier molecular flexibility index (Phi) is 4.04. The molecule has 0 aromatic carbocycles. The molecule has 0 saturated carbocycles. The maximum Gasteiger partial charge on any atom is 0.491 e. The van der Waals surface area contributed by atoms with Crippen molar-refractivity contribution in [2.75, 3.05) is 0 Å². The van der Waals surface area contributed by atoms with Crippen molar-refractivity contribution in [1.29, 1.82) is 0 Å². The van der Waals surface area contributed by atoms with Gasteiger partial charge in [0.2, 0.25) is 0 Å². The minimum atomic E-state index is -5.29. The molecule has 0 aliphatic carbocycles. The highest BCUT2D eigenvalue weighted by atomic mass is 19.4. The SMILES string of the molecule is Cc1cc2c(C(N)=O)nn(CC(=O)OC(=O)C(F)(F)F)c2cn1. The number of hydrogen-bond donors (Lipinski definition) is 1. The molecule has 0 radical (unpaired) electrons. The number of aromatic nitrogens is 3. The first-order valence-electron chi connectivity index (χ1n) is 6.04. The highest BCUT2D eigenvalue weighted by Gasteiger charge is 2.42. The number of ether oxygens (including phenoxy) is 1. The average molecular weight is 330 g/mol. The summed E-state index contributed by atoms with van der Waals surface area (Å²) < 4.78 is 40.6. The van der Waals surface area contributed by atoms with Crippen molar-refractivity contribution >= 4 is 28.7 Å². The second kappa shape index (κ2) is 5.66. The number of esters is 2. The van der Waals surface area contributed by atoms with Crippen LogP contribution in [0.3, 0.4) is 0 Å². The van der Waals surface area contributed by atoms with Gasteiger partial charge < -0.3 is 10.5 Å². The monoisotopic (exact) mass is 330 g/mol. The van der Waals surface area contributed by atoms with E-state index in [0.29, 0.717) is 5.69 Å². The van der Waals surface area contributed by atoms with Crippen LogP contribution in [-0.4, -0.2) is 38.8 Å². The lowest BCUT2D eigenvalue weighted by atomic mass is 10.2. The third-order valence-corrected chi connectivity index (χ3v) is 2.72. The Morgan fingerprint density at radius 3 is 2.57 bits per heavy atom. The van der Waals surface area contributed by atoms with Crippen molar-refractivity contribution in [1.82, 2.24) is 14.8 Å². The Morgan fingerprint density at radius 2 is 2.00 bits per heavy atom. The Morgan fingerprint density at radius 1 is 1.35 bits per heavy atom. The van der Waals surface area contributed by atoms with Crippen LogP contribution < -0.4 is 5.73 Å². The maximum absolute atomic E-state index is 12.0. The first-order chi connectivity index (χ1) is 10.6. The number of aryl methyl sites for hydroxylation is 1. The van der Waals surface area contributed by atoms with Crippen LogP contribution in [0.5, 0.6) is 0 Å². The second-order valence-corrected chi connectivity index (χ2v) is 4.47. The molecule has 0 spiro atoms. The number of pyridine rings is 1. The van der Waals surface area contributed by atoms with Crippen LogP contribution >= 0.6 is 0 Å². The third-order valence-electron chi connectivity index (χ3n) is 2.72. The van der Waals surface area contributed by atoms with E-state index in [4.69, 9.17) is 5.73 Å². The lowest BCUT2D eigenvalue weighted by Gasteiger charge is -2.06. The fraction of sp³-hybridized carbons (Fsp3) is 0.250. The first-order valence-corrected chi connectivity index (χ1v) is 6.04. The zero-order valence-corrected chi connectivity index (χ0v) is 11.5. The normalized spacial score (nSPS) is 11.5. The zero-order chi connectivity index (χ0) is 17.4. The Hall–Kier alpha value is -2.98. The van der Waals surface area contributed by atoms with Gasteiger partial charge in [-0.1, -0.05) is 0 Å². The number of nitrogens with zero attached hydrogens (tertiary/aromatic N) is 3. The van der Waals surface area contributed by atoms with Gasteiger partial charge >= 0.3 is 18.1 Å². The number of fused-ring (bicyclic) bond motifs is 1. The van der Waals surface area contributed by atoms with Crippen molar-refractivity contribution in [2.45, 2.75) is 19.6 Å². The van der Waals surface area contributed by atoms with Crippen LogP contribution in [-0.2, 0) is 20.9 Å². The summed E-state index contributed by atoms with van der Waals surface area (Å²) in [4.78, 5) is 37.3. The van der Waals surface area contributed by atoms with Crippen molar-refractivity contribution in [3.05, 3.63) is 23.7 Å². The van der Waals surface area contributed by atoms with Gasteiger partial charge in [0, 0.05) is 11.1 Å². The molecule has 0 aliphatic rings. The molecule has 122 valence electrons. The summed E-state index contributed by atoms with van der Waals surface area (Å²) in [5.41, 5.74) is 5.70. The summed E-state index contributed by atoms with van der Waals surface area (Å²) in [6, 6.07) is 1.48. The third kappa shape index (κ3) is 3.44. The van der Waals surface area contributed by atoms with Gasteiger partial charge in [0.1, 0.15) is 6.54 Å². The maximum atomic E-state index is 12.0. The van der Waals surface area contributed by atoms with Crippen LogP contribution in [0.15, 0.2) is 12.3 Å². The highest BCUT2D eigenvalue weighted by Crippen LogP contribution is 2.20. The molecular weight excluding hydrogens is 321 g/mol. The largest absolute Gasteiger partial charge is 0.491 e. The topological polar surface area (TPSA) is 117 Å². The van der Waals surface area contributed by atoms with Crippen LogP contribution in [0.1, 0.15) is 16.2 Å². The minimum Gasteiger partial charge on any atom is -0.385 e.